The van der Waals surface area contributed by atoms with Crippen molar-refractivity contribution in [3.05, 3.63) is 79.7 Å². The number of benzene rings is 2. The molecular weight excluding hydrogens is 641 g/mol. The molecule has 1 aliphatic heterocycles. The minimum atomic E-state index is -0.433. The van der Waals surface area contributed by atoms with Gasteiger partial charge in [-0.25, -0.2) is 0 Å². The Labute approximate surface area is 263 Å². The molecule has 224 valence electrons. The molecule has 42 heavy (non-hydrogen) atoms. The van der Waals surface area contributed by atoms with Gasteiger partial charge in [-0.05, 0) is 76.4 Å². The van der Waals surface area contributed by atoms with E-state index in [1.807, 2.05) is 43.3 Å². The molecule has 1 heterocycles. The van der Waals surface area contributed by atoms with E-state index in [4.69, 9.17) is 14.2 Å². The van der Waals surface area contributed by atoms with Crippen LogP contribution in [0.15, 0.2) is 65.0 Å². The van der Waals surface area contributed by atoms with E-state index >= 15 is 0 Å². The summed E-state index contributed by atoms with van der Waals surface area (Å²) in [4.78, 5) is 30.4. The van der Waals surface area contributed by atoms with E-state index < -0.39 is 5.92 Å². The lowest BCUT2D eigenvalue weighted by Crippen LogP contribution is -2.45. The van der Waals surface area contributed by atoms with Crippen molar-refractivity contribution in [3.63, 3.8) is 0 Å². The maximum atomic E-state index is 14.1. The molecule has 0 fully saturated rings. The molecule has 6 nitrogen and oxygen atoms in total. The second-order valence-electron chi connectivity index (χ2n) is 13.2. The van der Waals surface area contributed by atoms with Crippen molar-refractivity contribution in [2.75, 3.05) is 26.9 Å². The molecular formula is C35H42INO5. The number of hydrogen-bond acceptors (Lipinski definition) is 6. The number of carbonyl (C=O) groups excluding carboxylic acids is 2. The van der Waals surface area contributed by atoms with E-state index in [1.165, 1.54) is 0 Å². The predicted octanol–water partition coefficient (Wildman–Crippen LogP) is 7.60. The first-order chi connectivity index (χ1) is 19.9. The molecule has 0 aromatic heterocycles. The van der Waals surface area contributed by atoms with Gasteiger partial charge in [0.2, 0.25) is 0 Å². The first-order valence-corrected chi connectivity index (χ1v) is 15.9. The maximum Gasteiger partial charge on any atom is 0.174 e. The van der Waals surface area contributed by atoms with Crippen LogP contribution in [0.1, 0.15) is 77.3 Å². The third-order valence-corrected chi connectivity index (χ3v) is 9.23. The lowest BCUT2D eigenvalue weighted by atomic mass is 9.63. The molecule has 0 unspecified atom stereocenters. The van der Waals surface area contributed by atoms with Crippen LogP contribution in [0.25, 0.3) is 0 Å². The van der Waals surface area contributed by atoms with Gasteiger partial charge >= 0.3 is 0 Å². The molecule has 2 aliphatic carbocycles. The fourth-order valence-electron chi connectivity index (χ4n) is 6.72. The van der Waals surface area contributed by atoms with Crippen molar-refractivity contribution in [2.24, 2.45) is 10.8 Å². The largest absolute Gasteiger partial charge is 0.490 e. The van der Waals surface area contributed by atoms with Crippen LogP contribution in [0.3, 0.4) is 0 Å². The van der Waals surface area contributed by atoms with Crippen LogP contribution >= 0.6 is 22.6 Å². The molecule has 0 bridgehead atoms. The van der Waals surface area contributed by atoms with Crippen LogP contribution in [-0.4, -0.2) is 43.3 Å². The van der Waals surface area contributed by atoms with Crippen molar-refractivity contribution in [2.45, 2.75) is 72.8 Å². The number of allylic oxidation sites excluding steroid dienone is 4. The van der Waals surface area contributed by atoms with Gasteiger partial charge < -0.3 is 19.1 Å². The Bertz CT molecular complexity index is 1380. The monoisotopic (exact) mass is 683 g/mol. The van der Waals surface area contributed by atoms with Crippen LogP contribution < -0.4 is 9.47 Å². The molecule has 2 aromatic carbocycles. The number of rotatable bonds is 9. The molecule has 3 aliphatic rings. The first-order valence-electron chi connectivity index (χ1n) is 14.9. The van der Waals surface area contributed by atoms with Gasteiger partial charge in [0.05, 0.1) is 16.8 Å². The molecule has 0 spiro atoms. The highest BCUT2D eigenvalue weighted by Crippen LogP contribution is 2.55. The SMILES string of the molecule is CCOc1cc(C2C3=C(CC(C)(C)CC3=O)N(CCOC)C3=C2C(=O)CC(C)(C)C3)cc(I)c1OCc1ccccc1. The minimum absolute atomic E-state index is 0.121. The van der Waals surface area contributed by atoms with Gasteiger partial charge in [0.15, 0.2) is 23.1 Å². The number of hydrogen-bond donors (Lipinski definition) is 0. The number of carbonyl (C=O) groups is 2. The number of halogens is 1. The summed E-state index contributed by atoms with van der Waals surface area (Å²) in [7, 11) is 1.70. The summed E-state index contributed by atoms with van der Waals surface area (Å²) in [5.41, 5.74) is 5.23. The third-order valence-electron chi connectivity index (χ3n) is 8.43. The molecule has 7 heteroatoms. The van der Waals surface area contributed by atoms with Gasteiger partial charge in [0, 0.05) is 55.0 Å². The second-order valence-corrected chi connectivity index (χ2v) is 14.4. The molecule has 2 aromatic rings. The summed E-state index contributed by atoms with van der Waals surface area (Å²) in [6, 6.07) is 14.1. The van der Waals surface area contributed by atoms with Gasteiger partial charge in [0.25, 0.3) is 0 Å². The molecule has 0 saturated heterocycles. The van der Waals surface area contributed by atoms with Crippen molar-refractivity contribution >= 4 is 34.2 Å². The normalized spacial score (nSPS) is 20.0. The predicted molar refractivity (Wildman–Crippen MR) is 173 cm³/mol. The van der Waals surface area contributed by atoms with Crippen LogP contribution in [0, 0.1) is 14.4 Å². The van der Waals surface area contributed by atoms with Crippen LogP contribution in [0.4, 0.5) is 0 Å². The zero-order chi connectivity index (χ0) is 30.2. The highest BCUT2D eigenvalue weighted by molar-refractivity contribution is 14.1. The van der Waals surface area contributed by atoms with E-state index in [-0.39, 0.29) is 22.4 Å². The number of Topliss-reactive ketones (excluding diaryl/α,β-unsaturated/α-hetero) is 2. The summed E-state index contributed by atoms with van der Waals surface area (Å²) < 4.78 is 18.9. The average Bonchev–Trinajstić information content (AvgIpc) is 2.90. The second kappa shape index (κ2) is 12.2. The summed E-state index contributed by atoms with van der Waals surface area (Å²) in [5, 5.41) is 0. The van der Waals surface area contributed by atoms with Gasteiger partial charge in [-0.3, -0.25) is 9.59 Å². The van der Waals surface area contributed by atoms with Gasteiger partial charge in [-0.1, -0.05) is 58.0 Å². The molecule has 0 N–H and O–H groups in total. The number of ketones is 2. The summed E-state index contributed by atoms with van der Waals surface area (Å²) >= 11 is 2.30. The van der Waals surface area contributed by atoms with E-state index in [2.05, 4.69) is 61.3 Å². The maximum absolute atomic E-state index is 14.1. The number of nitrogens with zero attached hydrogens (tertiary/aromatic N) is 1. The van der Waals surface area contributed by atoms with Crippen LogP contribution in [0.5, 0.6) is 11.5 Å². The Kier molecular flexibility index (Phi) is 8.91. The van der Waals surface area contributed by atoms with Gasteiger partial charge in [-0.2, -0.15) is 0 Å². The quantitative estimate of drug-likeness (QED) is 0.254. The van der Waals surface area contributed by atoms with E-state index in [0.717, 1.165) is 50.1 Å². The molecule has 0 amide bonds. The summed E-state index contributed by atoms with van der Waals surface area (Å²) in [6.07, 6.45) is 2.45. The Morgan fingerprint density at radius 3 is 2.02 bits per heavy atom. The lowest BCUT2D eigenvalue weighted by molar-refractivity contribution is -0.119. The first kappa shape index (κ1) is 30.8. The Hall–Kier alpha value is -2.65. The van der Waals surface area contributed by atoms with Crippen LogP contribution in [0.2, 0.25) is 0 Å². The molecule has 5 rings (SSSR count). The Morgan fingerprint density at radius 2 is 1.48 bits per heavy atom. The molecule has 0 saturated carbocycles. The van der Waals surface area contributed by atoms with Crippen molar-refractivity contribution in [3.8, 4) is 11.5 Å². The van der Waals surface area contributed by atoms with Gasteiger partial charge in [0.1, 0.15) is 6.61 Å². The van der Waals surface area contributed by atoms with E-state index in [0.29, 0.717) is 50.7 Å². The lowest BCUT2D eigenvalue weighted by Gasteiger charge is -2.49. The third kappa shape index (κ3) is 6.18. The highest BCUT2D eigenvalue weighted by atomic mass is 127. The van der Waals surface area contributed by atoms with E-state index in [9.17, 15) is 9.59 Å². The Balaban J connectivity index is 1.68. The number of methoxy groups -OCH3 is 1. The van der Waals surface area contributed by atoms with E-state index in [1.54, 1.807) is 7.11 Å². The average molecular weight is 684 g/mol. The van der Waals surface area contributed by atoms with Gasteiger partial charge in [-0.15, -0.1) is 0 Å². The molecule has 0 radical (unpaired) electrons. The van der Waals surface area contributed by atoms with Crippen molar-refractivity contribution in [1.29, 1.82) is 0 Å². The minimum Gasteiger partial charge on any atom is -0.490 e. The molecule has 0 atom stereocenters. The fraction of sp³-hybridized carbons (Fsp3) is 0.486. The van der Waals surface area contributed by atoms with Crippen molar-refractivity contribution < 1.29 is 23.8 Å². The zero-order valence-corrected chi connectivity index (χ0v) is 27.8. The topological polar surface area (TPSA) is 65.1 Å². The summed E-state index contributed by atoms with van der Waals surface area (Å²) in [5.74, 6) is 1.12. The number of ether oxygens (including phenoxy) is 3. The summed E-state index contributed by atoms with van der Waals surface area (Å²) in [6.45, 7) is 12.6. The Morgan fingerprint density at radius 1 is 0.881 bits per heavy atom. The van der Waals surface area contributed by atoms with Crippen molar-refractivity contribution in [1.82, 2.24) is 4.90 Å². The standard InChI is InChI=1S/C35H42INO5/c1-7-41-29-16-23(15-24(36)33(29)42-21-22-11-9-8-10-12-22)30-31-25(17-34(2,3)19-27(31)38)37(13-14-40-6)26-18-35(4,5)20-28(39)32(26)30/h8-12,15-16,30H,7,13-14,17-21H2,1-6H3. The zero-order valence-electron chi connectivity index (χ0n) is 25.6. The highest BCUT2D eigenvalue weighted by Gasteiger charge is 2.49. The van der Waals surface area contributed by atoms with Crippen LogP contribution in [-0.2, 0) is 20.9 Å². The fourth-order valence-corrected chi connectivity index (χ4v) is 7.50. The smallest absolute Gasteiger partial charge is 0.174 e.